The van der Waals surface area contributed by atoms with Crippen molar-refractivity contribution in [2.45, 2.75) is 296 Å². The smallest absolute Gasteiger partial charge is 0.311 e. The summed E-state index contributed by atoms with van der Waals surface area (Å²) in [6.07, 6.45) is -10.3. The average molecular weight is 1890 g/mol. The Morgan fingerprint density at radius 3 is 0.947 bits per heavy atom. The van der Waals surface area contributed by atoms with E-state index in [1.807, 2.05) is 0 Å². The first kappa shape index (κ1) is 113. The van der Waals surface area contributed by atoms with Gasteiger partial charge in [-0.25, -0.2) is 13.2 Å². The Hall–Kier alpha value is -10.0. The van der Waals surface area contributed by atoms with Crippen molar-refractivity contribution in [1.29, 1.82) is 0 Å². The van der Waals surface area contributed by atoms with Gasteiger partial charge in [-0.05, 0) is 64.5 Å². The van der Waals surface area contributed by atoms with E-state index in [-0.39, 0.29) is 72.2 Å². The van der Waals surface area contributed by atoms with E-state index < -0.39 is 280 Å². The number of halogens is 5. The van der Waals surface area contributed by atoms with Crippen molar-refractivity contribution < 1.29 is 189 Å². The van der Waals surface area contributed by atoms with E-state index in [1.165, 1.54) is 20.8 Å². The fourth-order valence-electron chi connectivity index (χ4n) is 13.8. The SMILES string of the molecule is CC(=O)N[C@H]1[C@H](OCCCCCCNCCCOCC(COCCC(=O)NCCCCCCO[C@@H]2O[C@H](COC(C)=O)[C@H](OC(C)=O)[C@H](OC(C)=O)[C@H]2NC(C)=O)(COCCC(=O)NCCCCCCO[C@@H]2O[C@H](COC(C)=O)[C@H](OC(C)=O)[C@H](OC(C)=O)[C@H]2NC(C)=O)NC(=O)CCCC(=O)Oc2c(F)c(F)c(F)c(F)c2F)O[C@H](COC(C)=O)[C@H](OC(C)=O)[C@@H]1OC(C)=O. The van der Waals surface area contributed by atoms with Crippen LogP contribution in [-0.4, -0.2) is 298 Å². The van der Waals surface area contributed by atoms with Crippen molar-refractivity contribution in [2.24, 2.45) is 0 Å². The number of unbranched alkanes of at least 4 members (excludes halogenated alkanes) is 9. The minimum atomic E-state index is -2.49. The summed E-state index contributed by atoms with van der Waals surface area (Å²) in [6.45, 7) is 12.4. The Kier molecular flexibility index (Phi) is 52.7. The lowest BCUT2D eigenvalue weighted by atomic mass is 9.96. The lowest BCUT2D eigenvalue weighted by Crippen LogP contribution is -2.66. The fourth-order valence-corrected chi connectivity index (χ4v) is 13.8. The maximum Gasteiger partial charge on any atom is 0.311 e. The first-order valence-corrected chi connectivity index (χ1v) is 43.2. The van der Waals surface area contributed by atoms with Crippen LogP contribution >= 0.6 is 0 Å². The Morgan fingerprint density at radius 2 is 0.618 bits per heavy atom. The molecule has 6 amide bonds. The summed E-state index contributed by atoms with van der Waals surface area (Å²) >= 11 is 0. The summed E-state index contributed by atoms with van der Waals surface area (Å²) in [5, 5.41) is 19.7. The van der Waals surface area contributed by atoms with Crippen LogP contribution < -0.4 is 42.0 Å². The summed E-state index contributed by atoms with van der Waals surface area (Å²) in [5.74, 6) is -25.4. The van der Waals surface area contributed by atoms with Crippen LogP contribution in [0.3, 0.4) is 0 Å². The van der Waals surface area contributed by atoms with E-state index in [9.17, 15) is 98.7 Å². The van der Waals surface area contributed by atoms with Crippen molar-refractivity contribution in [1.82, 2.24) is 37.2 Å². The number of amides is 6. The molecule has 3 aliphatic rings. The van der Waals surface area contributed by atoms with E-state index >= 15 is 0 Å². The van der Waals surface area contributed by atoms with Gasteiger partial charge in [0.25, 0.3) is 0 Å². The van der Waals surface area contributed by atoms with Crippen LogP contribution in [0.4, 0.5) is 22.0 Å². The molecule has 131 heavy (non-hydrogen) atoms. The number of esters is 10. The van der Waals surface area contributed by atoms with Crippen molar-refractivity contribution in [3.63, 3.8) is 0 Å². The molecule has 1 aromatic carbocycles. The van der Waals surface area contributed by atoms with Gasteiger partial charge in [0, 0.05) is 148 Å². The molecule has 4 rings (SSSR count). The summed E-state index contributed by atoms with van der Waals surface area (Å²) < 4.78 is 178. The topological polar surface area (TPSA) is 533 Å². The molecule has 0 unspecified atom stereocenters. The van der Waals surface area contributed by atoms with E-state index in [0.29, 0.717) is 96.6 Å². The van der Waals surface area contributed by atoms with Gasteiger partial charge in [0.15, 0.2) is 55.5 Å². The predicted molar refractivity (Wildman–Crippen MR) is 437 cm³/mol. The molecular weight excluding hydrogens is 1760 g/mol. The third-order valence-corrected chi connectivity index (χ3v) is 19.4. The molecule has 47 heteroatoms. The number of carbonyl (C=O) groups is 16. The number of hydrogen-bond acceptors (Lipinski definition) is 36. The molecule has 0 radical (unpaired) electrons. The van der Waals surface area contributed by atoms with Crippen LogP contribution in [0.15, 0.2) is 0 Å². The Balaban J connectivity index is 1.44. The van der Waals surface area contributed by atoms with Crippen molar-refractivity contribution in [2.75, 3.05) is 105 Å². The molecular formula is C84H126F5N7O35. The number of hydrogen-bond donors (Lipinski definition) is 7. The van der Waals surface area contributed by atoms with Gasteiger partial charge in [0.1, 0.15) is 61.8 Å². The molecule has 3 heterocycles. The lowest BCUT2D eigenvalue weighted by Gasteiger charge is -2.44. The van der Waals surface area contributed by atoms with Crippen LogP contribution in [0.2, 0.25) is 0 Å². The lowest BCUT2D eigenvalue weighted by molar-refractivity contribution is -0.277. The monoisotopic (exact) mass is 1890 g/mol. The van der Waals surface area contributed by atoms with Gasteiger partial charge in [-0.1, -0.05) is 38.5 Å². The molecule has 42 nitrogen and oxygen atoms in total. The second-order valence-corrected chi connectivity index (χ2v) is 31.0. The zero-order chi connectivity index (χ0) is 97.3. The molecule has 3 aliphatic heterocycles. The Bertz CT molecular complexity index is 3740. The van der Waals surface area contributed by atoms with Crippen molar-refractivity contribution >= 4 is 95.1 Å². The number of rotatable bonds is 61. The third-order valence-electron chi connectivity index (χ3n) is 19.4. The Labute approximate surface area is 754 Å². The highest BCUT2D eigenvalue weighted by Gasteiger charge is 2.55. The first-order chi connectivity index (χ1) is 62.1. The van der Waals surface area contributed by atoms with Gasteiger partial charge >= 0.3 is 59.7 Å². The van der Waals surface area contributed by atoms with Crippen LogP contribution in [0, 0.1) is 29.1 Å². The summed E-state index contributed by atoms with van der Waals surface area (Å²) in [6, 6.07) is -3.49. The zero-order valence-electron chi connectivity index (χ0n) is 75.9. The second-order valence-electron chi connectivity index (χ2n) is 31.0. The molecule has 0 aromatic heterocycles. The predicted octanol–water partition coefficient (Wildman–Crippen LogP) is 3.05. The highest BCUT2D eigenvalue weighted by molar-refractivity contribution is 5.79. The third kappa shape index (κ3) is 43.9. The van der Waals surface area contributed by atoms with Gasteiger partial charge in [-0.3, -0.25) is 76.7 Å². The first-order valence-electron chi connectivity index (χ1n) is 43.2. The highest BCUT2D eigenvalue weighted by atomic mass is 19.2. The summed E-state index contributed by atoms with van der Waals surface area (Å²) in [7, 11) is 0. The zero-order valence-corrected chi connectivity index (χ0v) is 75.9. The molecule has 7 N–H and O–H groups in total. The van der Waals surface area contributed by atoms with Crippen molar-refractivity contribution in [3.8, 4) is 5.75 Å². The normalized spacial score (nSPS) is 21.7. The second kappa shape index (κ2) is 60.9. The number of carbonyl (C=O) groups excluding carboxylic acids is 16. The highest BCUT2D eigenvalue weighted by Crippen LogP contribution is 2.34. The van der Waals surface area contributed by atoms with Crippen LogP contribution in [-0.2, 0) is 162 Å². The van der Waals surface area contributed by atoms with Gasteiger partial charge < -0.3 is 127 Å². The van der Waals surface area contributed by atoms with Crippen LogP contribution in [0.5, 0.6) is 5.75 Å². The minimum absolute atomic E-state index is 0.0443. The number of nitrogens with one attached hydrogen (secondary N) is 7. The molecule has 0 bridgehead atoms. The molecule has 3 fully saturated rings. The maximum absolute atomic E-state index is 14.5. The summed E-state index contributed by atoms with van der Waals surface area (Å²) in [4.78, 5) is 199. The van der Waals surface area contributed by atoms with Crippen molar-refractivity contribution in [3.05, 3.63) is 29.1 Å². The van der Waals surface area contributed by atoms with Crippen LogP contribution in [0.25, 0.3) is 0 Å². The maximum atomic E-state index is 14.5. The molecule has 0 aliphatic carbocycles. The van der Waals surface area contributed by atoms with E-state index in [0.717, 1.165) is 62.3 Å². The Morgan fingerprint density at radius 1 is 0.313 bits per heavy atom. The number of ether oxygens (including phenoxy) is 19. The number of benzene rings is 1. The van der Waals surface area contributed by atoms with E-state index in [4.69, 9.17) is 85.3 Å². The molecule has 3 saturated heterocycles. The molecule has 742 valence electrons. The molecule has 15 atom stereocenters. The van der Waals surface area contributed by atoms with Gasteiger partial charge in [0.05, 0.1) is 33.0 Å². The summed E-state index contributed by atoms with van der Waals surface area (Å²) in [5.41, 5.74) is -1.65. The quantitative estimate of drug-likeness (QED) is 0.00937. The van der Waals surface area contributed by atoms with E-state index in [2.05, 4.69) is 42.0 Å². The standard InChI is InChI=1S/C84H126F5N7O35/c1-47(97)93-71-78(125-56(10)106)74(122-53(7)103)59(41-119-50(4)100)128-81(71)116-36-22-16-13-19-31-90-32-26-35-113-44-84(96-64(111)27-25-28-65(112)131-77-69(88)67(86)66(85)68(87)70(77)89,45-114-39-29-62(109)91-33-20-14-17-23-37-117-82-72(94-48(2)98)79(126-57(11)107)75(123-54(8)104)60(129-82)42-120-51(5)101)46-115-40-30-63(110)92-34-21-15-18-24-38-118-83-73(95-49(3)99)80(127-58(12)108)76(124-55(9)105)61(130-83)43-121-52(6)102/h59-61,71-76,78-83,90H,13-46H2,1-12H3,(H,91,109)(H,92,110)(H,93,97)(H,94,98)(H,95,99)(H,96,111)/t59-,60-,61-,71-,72-,73-,74+,75+,76+,78-,79-,80-,81-,82-,83-/m1/s1. The average Bonchev–Trinajstić information content (AvgIpc) is 0.792. The van der Waals surface area contributed by atoms with E-state index in [1.54, 1.807) is 0 Å². The molecule has 0 saturated carbocycles. The fraction of sp³-hybridized carbons (Fsp3) is 0.738. The van der Waals surface area contributed by atoms with Gasteiger partial charge in [-0.2, -0.15) is 8.78 Å². The van der Waals surface area contributed by atoms with Gasteiger partial charge in [-0.15, -0.1) is 0 Å². The molecule has 0 spiro atoms. The molecule has 1 aromatic rings. The largest absolute Gasteiger partial charge is 0.463 e. The van der Waals surface area contributed by atoms with Gasteiger partial charge in [0.2, 0.25) is 70.3 Å². The minimum Gasteiger partial charge on any atom is -0.463 e. The van der Waals surface area contributed by atoms with Crippen LogP contribution in [0.1, 0.15) is 199 Å².